The molecule has 2 aromatic rings. The van der Waals surface area contributed by atoms with Crippen LogP contribution in [0, 0.1) is 0 Å². The molecule has 0 aliphatic heterocycles. The number of benzene rings is 2. The van der Waals surface area contributed by atoms with E-state index in [4.69, 9.17) is 8.37 Å². The summed E-state index contributed by atoms with van der Waals surface area (Å²) in [4.78, 5) is 0. The quantitative estimate of drug-likeness (QED) is 0.0792. The second kappa shape index (κ2) is 25.3. The van der Waals surface area contributed by atoms with E-state index in [1.54, 1.807) is 12.1 Å². The first kappa shape index (κ1) is 39.0. The first-order chi connectivity index (χ1) is 20.0. The molecule has 6 heteroatoms. The van der Waals surface area contributed by atoms with Crippen LogP contribution in [0.5, 0.6) is 11.5 Å². The summed E-state index contributed by atoms with van der Waals surface area (Å²) in [6, 6.07) is 14.7. The summed E-state index contributed by atoms with van der Waals surface area (Å²) in [5.41, 5.74) is 2.19. The summed E-state index contributed by atoms with van der Waals surface area (Å²) in [6.45, 7) is 4.52. The summed E-state index contributed by atoms with van der Waals surface area (Å²) in [7, 11) is -4.21. The molecular weight excluding hydrogens is 551 g/mol. The molecular formula is C36H59NaO4S. The van der Waals surface area contributed by atoms with Gasteiger partial charge in [-0.25, -0.2) is 0 Å². The van der Waals surface area contributed by atoms with Gasteiger partial charge in [0.15, 0.2) is 0 Å². The van der Waals surface area contributed by atoms with E-state index in [-0.39, 0.29) is 31.0 Å². The van der Waals surface area contributed by atoms with E-state index in [1.165, 1.54) is 116 Å². The van der Waals surface area contributed by atoms with Crippen molar-refractivity contribution in [2.24, 2.45) is 0 Å². The topological polar surface area (TPSA) is 52.6 Å². The zero-order chi connectivity index (χ0) is 29.4. The summed E-state index contributed by atoms with van der Waals surface area (Å²) < 4.78 is 35.9. The van der Waals surface area contributed by atoms with Gasteiger partial charge < -0.3 is 9.79 Å². The summed E-state index contributed by atoms with van der Waals surface area (Å²) >= 11 is 0. The van der Waals surface area contributed by atoms with E-state index in [1.807, 2.05) is 36.4 Å². The van der Waals surface area contributed by atoms with E-state index < -0.39 is 10.4 Å². The van der Waals surface area contributed by atoms with E-state index in [0.717, 1.165) is 36.8 Å². The van der Waals surface area contributed by atoms with Gasteiger partial charge in [0.2, 0.25) is 0 Å². The van der Waals surface area contributed by atoms with Crippen LogP contribution in [0.25, 0.3) is 0 Å². The van der Waals surface area contributed by atoms with E-state index in [9.17, 15) is 8.42 Å². The Bertz CT molecular complexity index is 956. The van der Waals surface area contributed by atoms with Crippen molar-refractivity contribution < 1.29 is 47.8 Å². The molecule has 0 amide bonds. The van der Waals surface area contributed by atoms with Gasteiger partial charge in [0, 0.05) is 0 Å². The summed E-state index contributed by atoms with van der Waals surface area (Å²) in [5, 5.41) is 0. The Balaban J connectivity index is 0.00000882. The largest absolute Gasteiger partial charge is 1.00 e. The molecule has 0 N–H and O–H groups in total. The molecule has 0 spiro atoms. The molecule has 42 heavy (non-hydrogen) atoms. The van der Waals surface area contributed by atoms with Crippen LogP contribution in [0.15, 0.2) is 48.5 Å². The third-order valence-electron chi connectivity index (χ3n) is 7.83. The van der Waals surface area contributed by atoms with Gasteiger partial charge in [0.1, 0.15) is 11.5 Å². The molecule has 0 radical (unpaired) electrons. The fourth-order valence-electron chi connectivity index (χ4n) is 5.39. The Morgan fingerprint density at radius 3 is 1.14 bits per heavy atom. The van der Waals surface area contributed by atoms with E-state index >= 15 is 0 Å². The second-order valence-electron chi connectivity index (χ2n) is 11.7. The van der Waals surface area contributed by atoms with Gasteiger partial charge in [-0.1, -0.05) is 154 Å². The van der Waals surface area contributed by atoms with Crippen LogP contribution >= 0.6 is 0 Å². The number of aryl methyl sites for hydroxylation is 2. The van der Waals surface area contributed by atoms with E-state index in [2.05, 4.69) is 13.8 Å². The number of hydrogen-bond acceptors (Lipinski definition) is 4. The number of unbranched alkanes of at least 4 members (excludes halogenated alkanes) is 18. The fraction of sp³-hybridized carbons (Fsp3) is 0.667. The molecule has 234 valence electrons. The van der Waals surface area contributed by atoms with Gasteiger partial charge in [-0.3, -0.25) is 0 Å². The van der Waals surface area contributed by atoms with Crippen molar-refractivity contribution in [1.29, 1.82) is 0 Å². The van der Waals surface area contributed by atoms with Gasteiger partial charge >= 0.3 is 40.0 Å². The molecule has 0 aromatic heterocycles. The number of hydrogen-bond donors (Lipinski definition) is 0. The Kier molecular flexibility index (Phi) is 23.5. The van der Waals surface area contributed by atoms with Crippen molar-refractivity contribution >= 4 is 10.4 Å². The molecule has 2 rings (SSSR count). The van der Waals surface area contributed by atoms with Crippen LogP contribution in [0.4, 0.5) is 0 Å². The van der Waals surface area contributed by atoms with Gasteiger partial charge in [0.05, 0.1) is 0 Å². The summed E-state index contributed by atoms with van der Waals surface area (Å²) in [5.74, 6) is 0.604. The molecule has 0 atom stereocenters. The van der Waals surface area contributed by atoms with Crippen molar-refractivity contribution in [3.8, 4) is 11.5 Å². The fourth-order valence-corrected chi connectivity index (χ4v) is 6.10. The normalized spacial score (nSPS) is 11.3. The van der Waals surface area contributed by atoms with Crippen LogP contribution in [-0.2, 0) is 23.2 Å². The maximum Gasteiger partial charge on any atom is 1.00 e. The van der Waals surface area contributed by atoms with Gasteiger partial charge in [0.25, 0.3) is 0 Å². The van der Waals surface area contributed by atoms with Gasteiger partial charge in [-0.2, -0.15) is 0 Å². The van der Waals surface area contributed by atoms with Crippen molar-refractivity contribution in [3.05, 3.63) is 59.7 Å². The Morgan fingerprint density at radius 2 is 0.810 bits per heavy atom. The summed E-state index contributed by atoms with van der Waals surface area (Å²) in [6.07, 6.45) is 27.9. The first-order valence-corrected chi connectivity index (χ1v) is 18.2. The standard InChI is InChI=1S/C36H58O4S.Na.H/c1-3-5-7-9-11-13-15-17-19-21-25-33-27-23-29-35(31-33)39-41(37,38)40-36-30-24-28-34(32-36)26-22-20-18-16-14-12-10-8-6-4-2;;/h23-24,27-32H,3-22,25-26H2,1-2H3;;/q;+1;-1. The molecule has 0 fully saturated rings. The smallest absolute Gasteiger partial charge is 1.00 e. The Labute approximate surface area is 282 Å². The van der Waals surface area contributed by atoms with Crippen LogP contribution in [0.1, 0.15) is 155 Å². The maximum atomic E-state index is 12.6. The van der Waals surface area contributed by atoms with Crippen molar-refractivity contribution in [3.63, 3.8) is 0 Å². The average molecular weight is 611 g/mol. The van der Waals surface area contributed by atoms with Crippen molar-refractivity contribution in [2.75, 3.05) is 0 Å². The molecule has 0 bridgehead atoms. The predicted molar refractivity (Wildman–Crippen MR) is 175 cm³/mol. The Hall–Kier alpha value is -1.01. The maximum absolute atomic E-state index is 12.6. The molecule has 0 aliphatic rings. The van der Waals surface area contributed by atoms with Gasteiger partial charge in [-0.15, -0.1) is 8.42 Å². The molecule has 0 saturated carbocycles. The monoisotopic (exact) mass is 610 g/mol. The van der Waals surface area contributed by atoms with Crippen LogP contribution in [0.3, 0.4) is 0 Å². The molecule has 2 aromatic carbocycles. The minimum absolute atomic E-state index is 0. The van der Waals surface area contributed by atoms with Crippen LogP contribution in [-0.4, -0.2) is 8.42 Å². The number of rotatable bonds is 26. The zero-order valence-corrected chi connectivity index (χ0v) is 30.0. The second-order valence-corrected chi connectivity index (χ2v) is 12.9. The SMILES string of the molecule is CCCCCCCCCCCCc1cccc(OS(=O)(=O)Oc2cccc(CCCCCCCCCCCC)c2)c1.[H-].[Na+]. The molecule has 0 aliphatic carbocycles. The minimum Gasteiger partial charge on any atom is -1.00 e. The average Bonchev–Trinajstić information content (AvgIpc) is 2.95. The molecule has 4 nitrogen and oxygen atoms in total. The Morgan fingerprint density at radius 1 is 0.500 bits per heavy atom. The zero-order valence-electron chi connectivity index (χ0n) is 28.2. The third-order valence-corrected chi connectivity index (χ3v) is 8.62. The molecule has 0 unspecified atom stereocenters. The van der Waals surface area contributed by atoms with Crippen molar-refractivity contribution in [1.82, 2.24) is 0 Å². The van der Waals surface area contributed by atoms with E-state index in [0.29, 0.717) is 11.5 Å². The van der Waals surface area contributed by atoms with Gasteiger partial charge in [-0.05, 0) is 61.1 Å². The predicted octanol–water partition coefficient (Wildman–Crippen LogP) is 8.43. The third kappa shape index (κ3) is 20.0. The minimum atomic E-state index is -4.21. The first-order valence-electron chi connectivity index (χ1n) is 16.8. The van der Waals surface area contributed by atoms with Crippen molar-refractivity contribution in [2.45, 2.75) is 155 Å². The molecule has 0 heterocycles. The molecule has 0 saturated heterocycles. The van der Waals surface area contributed by atoms with Crippen LogP contribution in [0.2, 0.25) is 0 Å². The van der Waals surface area contributed by atoms with Crippen LogP contribution < -0.4 is 37.9 Å².